The first-order chi connectivity index (χ1) is 21.9. The molecule has 1 atom stereocenters. The number of nitrogens with one attached hydrogen (secondary N) is 1. The number of aryl methyl sites for hydroxylation is 2. The molecule has 0 aliphatic carbocycles. The summed E-state index contributed by atoms with van der Waals surface area (Å²) in [5, 5.41) is 2.97. The summed E-state index contributed by atoms with van der Waals surface area (Å²) >= 11 is 0. The number of carbonyl (C=O) groups excluding carboxylic acids is 2. The molecule has 0 aromatic heterocycles. The van der Waals surface area contributed by atoms with Crippen LogP contribution in [0.3, 0.4) is 0 Å². The Morgan fingerprint density at radius 2 is 1.46 bits per heavy atom. The SMILES string of the molecule is Cc1ccc(S(=O)(=O)N(CC(=O)N(Cc2ccc(F)cc2)[C@@H](Cc2ccccc2)C(=O)NCC(C)C)c2cccc(C)c2C)cc1. The van der Waals surface area contributed by atoms with Crippen LogP contribution in [0.1, 0.15) is 41.7 Å². The molecule has 0 heterocycles. The van der Waals surface area contributed by atoms with Crippen molar-refractivity contribution in [2.45, 2.75) is 58.5 Å². The zero-order valence-corrected chi connectivity index (χ0v) is 27.9. The third kappa shape index (κ3) is 8.60. The maximum atomic E-state index is 14.6. The van der Waals surface area contributed by atoms with Crippen LogP contribution >= 0.6 is 0 Å². The lowest BCUT2D eigenvalue weighted by atomic mass is 10.0. The van der Waals surface area contributed by atoms with Gasteiger partial charge in [-0.25, -0.2) is 12.8 Å². The van der Waals surface area contributed by atoms with Gasteiger partial charge in [0.1, 0.15) is 18.4 Å². The van der Waals surface area contributed by atoms with E-state index in [4.69, 9.17) is 0 Å². The molecule has 1 N–H and O–H groups in total. The topological polar surface area (TPSA) is 86.8 Å². The summed E-state index contributed by atoms with van der Waals surface area (Å²) in [5.41, 5.74) is 4.29. The predicted octanol–water partition coefficient (Wildman–Crippen LogP) is 6.36. The molecule has 2 amide bonds. The molecule has 0 saturated heterocycles. The van der Waals surface area contributed by atoms with Crippen LogP contribution in [0.2, 0.25) is 0 Å². The number of sulfonamides is 1. The van der Waals surface area contributed by atoms with E-state index < -0.39 is 34.3 Å². The van der Waals surface area contributed by atoms with E-state index in [2.05, 4.69) is 5.32 Å². The van der Waals surface area contributed by atoms with Gasteiger partial charge in [-0.1, -0.05) is 86.1 Å². The van der Waals surface area contributed by atoms with Crippen molar-refractivity contribution in [3.8, 4) is 0 Å². The maximum absolute atomic E-state index is 14.6. The van der Waals surface area contributed by atoms with Crippen molar-refractivity contribution in [3.63, 3.8) is 0 Å². The van der Waals surface area contributed by atoms with Crippen LogP contribution in [0.5, 0.6) is 0 Å². The molecule has 9 heteroatoms. The van der Waals surface area contributed by atoms with Crippen LogP contribution in [0, 0.1) is 32.5 Å². The van der Waals surface area contributed by atoms with E-state index in [0.717, 1.165) is 21.0 Å². The minimum absolute atomic E-state index is 0.0308. The lowest BCUT2D eigenvalue weighted by molar-refractivity contribution is -0.140. The fourth-order valence-electron chi connectivity index (χ4n) is 5.12. The summed E-state index contributed by atoms with van der Waals surface area (Å²) in [6.45, 7) is 9.35. The molecular weight excluding hydrogens is 601 g/mol. The highest BCUT2D eigenvalue weighted by molar-refractivity contribution is 7.92. The molecule has 4 rings (SSSR count). The molecule has 0 fully saturated rings. The average Bonchev–Trinajstić information content (AvgIpc) is 3.03. The monoisotopic (exact) mass is 643 g/mol. The normalized spacial score (nSPS) is 12.1. The summed E-state index contributed by atoms with van der Waals surface area (Å²) in [7, 11) is -4.21. The molecular formula is C37H42FN3O4S. The number of halogens is 1. The van der Waals surface area contributed by atoms with Crippen LogP contribution in [-0.2, 0) is 32.6 Å². The highest BCUT2D eigenvalue weighted by Crippen LogP contribution is 2.29. The Bertz CT molecular complexity index is 1740. The Morgan fingerprint density at radius 3 is 2.09 bits per heavy atom. The van der Waals surface area contributed by atoms with E-state index in [1.807, 2.05) is 71.0 Å². The van der Waals surface area contributed by atoms with Crippen LogP contribution < -0.4 is 9.62 Å². The number of benzene rings is 4. The molecule has 242 valence electrons. The van der Waals surface area contributed by atoms with Crippen molar-refractivity contribution < 1.29 is 22.4 Å². The minimum Gasteiger partial charge on any atom is -0.354 e. The number of amides is 2. The zero-order chi connectivity index (χ0) is 33.4. The largest absolute Gasteiger partial charge is 0.354 e. The molecule has 0 aliphatic rings. The summed E-state index contributed by atoms with van der Waals surface area (Å²) in [6, 6.07) is 25.9. The molecule has 0 aliphatic heterocycles. The van der Waals surface area contributed by atoms with E-state index in [0.29, 0.717) is 23.4 Å². The fraction of sp³-hybridized carbons (Fsp3) is 0.297. The van der Waals surface area contributed by atoms with Crippen LogP contribution in [-0.4, -0.2) is 44.3 Å². The first-order valence-corrected chi connectivity index (χ1v) is 16.8. The van der Waals surface area contributed by atoms with Gasteiger partial charge in [-0.2, -0.15) is 0 Å². The standard InChI is InChI=1S/C37H42FN3O4S/c1-26(2)23-39-37(43)35(22-30-11-7-6-8-12-30)40(24-31-16-18-32(38)19-17-31)36(42)25-41(34-13-9-10-28(4)29(34)5)46(44,45)33-20-14-27(3)15-21-33/h6-21,26,35H,22-25H2,1-5H3,(H,39,43)/t35-/m0/s1. The smallest absolute Gasteiger partial charge is 0.264 e. The number of hydrogen-bond donors (Lipinski definition) is 1. The van der Waals surface area contributed by atoms with Gasteiger partial charge in [-0.05, 0) is 79.3 Å². The Labute approximate surface area is 272 Å². The molecule has 0 unspecified atom stereocenters. The number of rotatable bonds is 13. The van der Waals surface area contributed by atoms with Gasteiger partial charge in [0.15, 0.2) is 0 Å². The Kier molecular flexibility index (Phi) is 11.4. The number of hydrogen-bond acceptors (Lipinski definition) is 4. The zero-order valence-electron chi connectivity index (χ0n) is 27.0. The highest BCUT2D eigenvalue weighted by Gasteiger charge is 2.35. The summed E-state index contributed by atoms with van der Waals surface area (Å²) < 4.78 is 43.5. The van der Waals surface area contributed by atoms with Crippen LogP contribution in [0.4, 0.5) is 10.1 Å². The highest BCUT2D eigenvalue weighted by atomic mass is 32.2. The molecule has 46 heavy (non-hydrogen) atoms. The van der Waals surface area contributed by atoms with E-state index in [9.17, 15) is 22.4 Å². The molecule has 0 radical (unpaired) electrons. The molecule has 4 aromatic rings. The summed E-state index contributed by atoms with van der Waals surface area (Å²) in [5.74, 6) is -1.18. The van der Waals surface area contributed by atoms with Gasteiger partial charge >= 0.3 is 0 Å². The lowest BCUT2D eigenvalue weighted by Gasteiger charge is -2.34. The molecule has 7 nitrogen and oxygen atoms in total. The van der Waals surface area contributed by atoms with Crippen molar-refractivity contribution >= 4 is 27.5 Å². The van der Waals surface area contributed by atoms with Crippen molar-refractivity contribution in [1.29, 1.82) is 0 Å². The van der Waals surface area contributed by atoms with Gasteiger partial charge in [-0.15, -0.1) is 0 Å². The lowest BCUT2D eigenvalue weighted by Crippen LogP contribution is -2.53. The average molecular weight is 644 g/mol. The third-order valence-electron chi connectivity index (χ3n) is 7.95. The second-order valence-electron chi connectivity index (χ2n) is 12.0. The van der Waals surface area contributed by atoms with Gasteiger partial charge in [0.2, 0.25) is 11.8 Å². The fourth-order valence-corrected chi connectivity index (χ4v) is 6.59. The Hall–Kier alpha value is -4.50. The first kappa shape index (κ1) is 34.4. The maximum Gasteiger partial charge on any atom is 0.264 e. The van der Waals surface area contributed by atoms with E-state index in [-0.39, 0.29) is 29.7 Å². The second-order valence-corrected chi connectivity index (χ2v) is 13.9. The third-order valence-corrected chi connectivity index (χ3v) is 9.73. The summed E-state index contributed by atoms with van der Waals surface area (Å²) in [4.78, 5) is 29.9. The van der Waals surface area contributed by atoms with Crippen molar-refractivity contribution in [2.24, 2.45) is 5.92 Å². The minimum atomic E-state index is -4.21. The van der Waals surface area contributed by atoms with Gasteiger partial charge in [-0.3, -0.25) is 13.9 Å². The van der Waals surface area contributed by atoms with Gasteiger partial charge < -0.3 is 10.2 Å². The van der Waals surface area contributed by atoms with Gasteiger partial charge in [0.25, 0.3) is 10.0 Å². The molecule has 0 bridgehead atoms. The molecule has 0 saturated carbocycles. The van der Waals surface area contributed by atoms with Crippen molar-refractivity contribution in [1.82, 2.24) is 10.2 Å². The number of anilines is 1. The molecule has 4 aromatic carbocycles. The quantitative estimate of drug-likeness (QED) is 0.184. The summed E-state index contributed by atoms with van der Waals surface area (Å²) in [6.07, 6.45) is 0.200. The first-order valence-electron chi connectivity index (χ1n) is 15.4. The number of carbonyl (C=O) groups is 2. The van der Waals surface area contributed by atoms with E-state index in [1.165, 1.54) is 29.2 Å². The number of nitrogens with zero attached hydrogens (tertiary/aromatic N) is 2. The van der Waals surface area contributed by atoms with Crippen molar-refractivity contribution in [2.75, 3.05) is 17.4 Å². The van der Waals surface area contributed by atoms with Crippen LogP contribution in [0.15, 0.2) is 102 Å². The second kappa shape index (κ2) is 15.2. The van der Waals surface area contributed by atoms with Crippen LogP contribution in [0.25, 0.3) is 0 Å². The molecule has 0 spiro atoms. The Morgan fingerprint density at radius 1 is 0.804 bits per heavy atom. The Balaban J connectivity index is 1.82. The van der Waals surface area contributed by atoms with E-state index in [1.54, 1.807) is 36.4 Å². The van der Waals surface area contributed by atoms with Crippen molar-refractivity contribution in [3.05, 3.63) is 131 Å². The van der Waals surface area contributed by atoms with E-state index >= 15 is 0 Å². The van der Waals surface area contributed by atoms with Gasteiger partial charge in [0, 0.05) is 19.5 Å². The predicted molar refractivity (Wildman–Crippen MR) is 180 cm³/mol. The van der Waals surface area contributed by atoms with Gasteiger partial charge in [0.05, 0.1) is 10.6 Å².